The Kier molecular flexibility index (Phi) is 1.76. The summed E-state index contributed by atoms with van der Waals surface area (Å²) in [5.41, 5.74) is 1.12. The van der Waals surface area contributed by atoms with Crippen molar-refractivity contribution in [3.05, 3.63) is 29.8 Å². The highest BCUT2D eigenvalue weighted by atomic mass is 19.1. The van der Waals surface area contributed by atoms with E-state index in [1.54, 1.807) is 6.92 Å². The van der Waals surface area contributed by atoms with Crippen molar-refractivity contribution < 1.29 is 8.78 Å². The number of hydrogen-bond acceptors (Lipinski definition) is 1. The van der Waals surface area contributed by atoms with Crippen LogP contribution in [0, 0.1) is 12.7 Å². The number of aryl methyl sites for hydroxylation is 1. The van der Waals surface area contributed by atoms with Gasteiger partial charge < -0.3 is 0 Å². The number of imidazole rings is 1. The first-order chi connectivity index (χ1) is 6.22. The second-order valence-corrected chi connectivity index (χ2v) is 2.84. The van der Waals surface area contributed by atoms with Gasteiger partial charge in [0.15, 0.2) is 6.80 Å². The first-order valence-corrected chi connectivity index (χ1v) is 3.90. The molecule has 0 saturated heterocycles. The van der Waals surface area contributed by atoms with Gasteiger partial charge in [0.2, 0.25) is 0 Å². The number of hydrogen-bond donors (Lipinski definition) is 0. The SMILES string of the molecule is Cc1nc2cc(F)ccc2n1CF. The molecule has 0 aliphatic carbocycles. The average Bonchev–Trinajstić information content (AvgIpc) is 2.39. The molecule has 2 rings (SSSR count). The van der Waals surface area contributed by atoms with Crippen molar-refractivity contribution >= 4 is 11.0 Å². The standard InChI is InChI=1S/C9H8F2N2/c1-6-12-8-4-7(11)2-3-9(8)13(6)5-10/h2-4H,5H2,1H3. The summed E-state index contributed by atoms with van der Waals surface area (Å²) in [4.78, 5) is 4.03. The zero-order valence-electron chi connectivity index (χ0n) is 7.09. The van der Waals surface area contributed by atoms with Gasteiger partial charge in [0.1, 0.15) is 11.6 Å². The van der Waals surface area contributed by atoms with E-state index in [4.69, 9.17) is 0 Å². The number of alkyl halides is 1. The monoisotopic (exact) mass is 182 g/mol. The first-order valence-electron chi connectivity index (χ1n) is 3.90. The number of aromatic nitrogens is 2. The molecular weight excluding hydrogens is 174 g/mol. The van der Waals surface area contributed by atoms with Crippen LogP contribution < -0.4 is 0 Å². The smallest absolute Gasteiger partial charge is 0.167 e. The first kappa shape index (κ1) is 8.16. The van der Waals surface area contributed by atoms with Gasteiger partial charge in [0.05, 0.1) is 11.0 Å². The van der Waals surface area contributed by atoms with E-state index in [1.165, 1.54) is 22.8 Å². The van der Waals surface area contributed by atoms with Crippen LogP contribution >= 0.6 is 0 Å². The molecular formula is C9H8F2N2. The molecule has 1 aromatic carbocycles. The molecule has 0 saturated carbocycles. The van der Waals surface area contributed by atoms with Gasteiger partial charge in [0, 0.05) is 6.07 Å². The number of nitrogens with zero attached hydrogens (tertiary/aromatic N) is 2. The van der Waals surface area contributed by atoms with E-state index >= 15 is 0 Å². The molecule has 1 aromatic heterocycles. The maximum Gasteiger partial charge on any atom is 0.167 e. The number of fused-ring (bicyclic) bond motifs is 1. The predicted molar refractivity (Wildman–Crippen MR) is 45.5 cm³/mol. The number of rotatable bonds is 1. The molecule has 0 aliphatic heterocycles. The molecule has 0 unspecified atom stereocenters. The van der Waals surface area contributed by atoms with Crippen LogP contribution in [0.2, 0.25) is 0 Å². The molecule has 0 bridgehead atoms. The van der Waals surface area contributed by atoms with Crippen LogP contribution in [0.1, 0.15) is 5.82 Å². The second kappa shape index (κ2) is 2.80. The Labute approximate surface area is 73.8 Å². The van der Waals surface area contributed by atoms with Crippen LogP contribution in [0.3, 0.4) is 0 Å². The maximum absolute atomic E-state index is 12.7. The fourth-order valence-electron chi connectivity index (χ4n) is 1.37. The third kappa shape index (κ3) is 1.18. The summed E-state index contributed by atoms with van der Waals surface area (Å²) >= 11 is 0. The van der Waals surface area contributed by atoms with E-state index in [0.29, 0.717) is 16.9 Å². The molecule has 1 heterocycles. The van der Waals surface area contributed by atoms with Crippen LogP contribution in [0.25, 0.3) is 11.0 Å². The Morgan fingerprint density at radius 1 is 1.46 bits per heavy atom. The van der Waals surface area contributed by atoms with Crippen molar-refractivity contribution in [1.82, 2.24) is 9.55 Å². The fourth-order valence-corrected chi connectivity index (χ4v) is 1.37. The number of benzene rings is 1. The van der Waals surface area contributed by atoms with Gasteiger partial charge in [-0.2, -0.15) is 0 Å². The minimum absolute atomic E-state index is 0.351. The normalized spacial score (nSPS) is 11.0. The molecule has 0 atom stereocenters. The molecule has 2 nitrogen and oxygen atoms in total. The maximum atomic E-state index is 12.7. The van der Waals surface area contributed by atoms with E-state index < -0.39 is 6.80 Å². The van der Waals surface area contributed by atoms with Gasteiger partial charge in [-0.1, -0.05) is 0 Å². The minimum atomic E-state index is -0.631. The molecule has 68 valence electrons. The van der Waals surface area contributed by atoms with Gasteiger partial charge in [-0.15, -0.1) is 0 Å². The molecule has 4 heteroatoms. The quantitative estimate of drug-likeness (QED) is 0.662. The highest BCUT2D eigenvalue weighted by Crippen LogP contribution is 2.16. The summed E-state index contributed by atoms with van der Waals surface area (Å²) in [5.74, 6) is 0.208. The fraction of sp³-hybridized carbons (Fsp3) is 0.222. The number of halogens is 2. The Morgan fingerprint density at radius 2 is 2.23 bits per heavy atom. The second-order valence-electron chi connectivity index (χ2n) is 2.84. The van der Waals surface area contributed by atoms with E-state index in [-0.39, 0.29) is 5.82 Å². The summed E-state index contributed by atoms with van der Waals surface area (Å²) < 4.78 is 26.6. The Balaban J connectivity index is 2.79. The highest BCUT2D eigenvalue weighted by Gasteiger charge is 2.06. The van der Waals surface area contributed by atoms with E-state index in [1.807, 2.05) is 0 Å². The average molecular weight is 182 g/mol. The largest absolute Gasteiger partial charge is 0.299 e. The third-order valence-corrected chi connectivity index (χ3v) is 2.02. The summed E-state index contributed by atoms with van der Waals surface area (Å²) in [6, 6.07) is 4.13. The lowest BCUT2D eigenvalue weighted by molar-refractivity contribution is 0.379. The summed E-state index contributed by atoms with van der Waals surface area (Å²) in [5, 5.41) is 0. The molecule has 0 amide bonds. The summed E-state index contributed by atoms with van der Waals surface area (Å²) in [6.45, 7) is 1.06. The van der Waals surface area contributed by atoms with Gasteiger partial charge >= 0.3 is 0 Å². The molecule has 0 fully saturated rings. The van der Waals surface area contributed by atoms with Gasteiger partial charge in [-0.25, -0.2) is 13.8 Å². The van der Waals surface area contributed by atoms with E-state index in [0.717, 1.165) is 0 Å². The molecule has 0 spiro atoms. The third-order valence-electron chi connectivity index (χ3n) is 2.02. The van der Waals surface area contributed by atoms with Gasteiger partial charge in [0.25, 0.3) is 0 Å². The Hall–Kier alpha value is -1.45. The van der Waals surface area contributed by atoms with E-state index in [9.17, 15) is 8.78 Å². The van der Waals surface area contributed by atoms with Crippen molar-refractivity contribution in [3.63, 3.8) is 0 Å². The van der Waals surface area contributed by atoms with Crippen LogP contribution in [-0.4, -0.2) is 9.55 Å². The van der Waals surface area contributed by atoms with Gasteiger partial charge in [-0.05, 0) is 19.1 Å². The van der Waals surface area contributed by atoms with Crippen molar-refractivity contribution in [2.75, 3.05) is 0 Å². The molecule has 2 aromatic rings. The lowest BCUT2D eigenvalue weighted by Crippen LogP contribution is -1.94. The van der Waals surface area contributed by atoms with Gasteiger partial charge in [-0.3, -0.25) is 4.57 Å². The lowest BCUT2D eigenvalue weighted by atomic mass is 10.3. The Bertz CT molecular complexity index is 448. The molecule has 13 heavy (non-hydrogen) atoms. The Morgan fingerprint density at radius 3 is 2.92 bits per heavy atom. The predicted octanol–water partition coefficient (Wildman–Crippen LogP) is 2.41. The highest BCUT2D eigenvalue weighted by molar-refractivity contribution is 5.75. The minimum Gasteiger partial charge on any atom is -0.299 e. The molecule has 0 radical (unpaired) electrons. The van der Waals surface area contributed by atoms with Crippen LogP contribution in [-0.2, 0) is 6.80 Å². The zero-order valence-corrected chi connectivity index (χ0v) is 7.09. The summed E-state index contributed by atoms with van der Waals surface area (Å²) in [6.07, 6.45) is 0. The molecule has 0 aliphatic rings. The van der Waals surface area contributed by atoms with Crippen molar-refractivity contribution in [1.29, 1.82) is 0 Å². The van der Waals surface area contributed by atoms with Crippen LogP contribution in [0.5, 0.6) is 0 Å². The van der Waals surface area contributed by atoms with Crippen LogP contribution in [0.15, 0.2) is 18.2 Å². The van der Waals surface area contributed by atoms with Crippen molar-refractivity contribution in [3.8, 4) is 0 Å². The van der Waals surface area contributed by atoms with Crippen LogP contribution in [0.4, 0.5) is 8.78 Å². The lowest BCUT2D eigenvalue weighted by Gasteiger charge is -1.98. The summed E-state index contributed by atoms with van der Waals surface area (Å²) in [7, 11) is 0. The van der Waals surface area contributed by atoms with Crippen molar-refractivity contribution in [2.24, 2.45) is 0 Å². The topological polar surface area (TPSA) is 17.8 Å². The zero-order chi connectivity index (χ0) is 9.42. The molecule has 0 N–H and O–H groups in total. The van der Waals surface area contributed by atoms with Crippen molar-refractivity contribution in [2.45, 2.75) is 13.7 Å². The van der Waals surface area contributed by atoms with E-state index in [2.05, 4.69) is 4.98 Å².